The molecule has 4 rings (SSSR count). The number of hydrogen-bond donors (Lipinski definition) is 1. The van der Waals surface area contributed by atoms with Crippen molar-refractivity contribution in [3.63, 3.8) is 0 Å². The van der Waals surface area contributed by atoms with Gasteiger partial charge < -0.3 is 10.1 Å². The van der Waals surface area contributed by atoms with Crippen molar-refractivity contribution >= 4 is 33.0 Å². The first-order valence-corrected chi connectivity index (χ1v) is 10.6. The van der Waals surface area contributed by atoms with Gasteiger partial charge in [-0.1, -0.05) is 35.9 Å². The Balaban J connectivity index is 1.62. The van der Waals surface area contributed by atoms with E-state index >= 15 is 0 Å². The van der Waals surface area contributed by atoms with Gasteiger partial charge in [-0.3, -0.25) is 4.79 Å². The molecule has 1 spiro atoms. The molecule has 0 radical (unpaired) electrons. The van der Waals surface area contributed by atoms with Crippen LogP contribution in [0.4, 0.5) is 5.69 Å². The van der Waals surface area contributed by atoms with E-state index in [0.717, 1.165) is 30.4 Å². The monoisotopic (exact) mass is 391 g/mol. The molecule has 0 saturated heterocycles. The van der Waals surface area contributed by atoms with Crippen molar-refractivity contribution in [1.82, 2.24) is 0 Å². The zero-order chi connectivity index (χ0) is 18.5. The Kier molecular flexibility index (Phi) is 4.00. The highest BCUT2D eigenvalue weighted by Crippen LogP contribution is 2.60. The predicted molar refractivity (Wildman–Crippen MR) is 99.5 cm³/mol. The van der Waals surface area contributed by atoms with Gasteiger partial charge in [0.1, 0.15) is 10.6 Å². The van der Waals surface area contributed by atoms with E-state index in [1.165, 1.54) is 6.07 Å². The van der Waals surface area contributed by atoms with E-state index in [2.05, 4.69) is 5.32 Å². The van der Waals surface area contributed by atoms with Crippen LogP contribution in [0.5, 0.6) is 5.75 Å². The first-order valence-electron chi connectivity index (χ1n) is 8.35. The number of sulfone groups is 1. The number of anilines is 1. The number of hydrogen-bond acceptors (Lipinski definition) is 4. The number of nitrogens with one attached hydrogen (secondary N) is 1. The summed E-state index contributed by atoms with van der Waals surface area (Å²) in [7, 11) is -3.56. The fourth-order valence-electron chi connectivity index (χ4n) is 3.91. The minimum atomic E-state index is -3.56. The van der Waals surface area contributed by atoms with Gasteiger partial charge in [0, 0.05) is 23.2 Å². The summed E-state index contributed by atoms with van der Waals surface area (Å²) >= 11 is 6.05. The van der Waals surface area contributed by atoms with E-state index in [9.17, 15) is 13.2 Å². The van der Waals surface area contributed by atoms with Gasteiger partial charge in [0.25, 0.3) is 0 Å². The number of rotatable bonds is 3. The smallest absolute Gasteiger partial charge is 0.228 e. The molecule has 1 aliphatic carbocycles. The second-order valence-corrected chi connectivity index (χ2v) is 9.25. The van der Waals surface area contributed by atoms with Crippen LogP contribution in [0.1, 0.15) is 18.4 Å². The molecular weight excluding hydrogens is 374 g/mol. The molecule has 1 fully saturated rings. The van der Waals surface area contributed by atoms with Gasteiger partial charge in [0.05, 0.1) is 17.3 Å². The minimum absolute atomic E-state index is 0.0444. The topological polar surface area (TPSA) is 72.5 Å². The average molecular weight is 392 g/mol. The lowest BCUT2D eigenvalue weighted by atomic mass is 9.87. The molecular formula is C19H18ClNO4S. The maximum atomic E-state index is 12.9. The number of amides is 1. The molecule has 2 atom stereocenters. The van der Waals surface area contributed by atoms with Crippen LogP contribution in [0.15, 0.2) is 47.4 Å². The normalized spacial score (nSPS) is 23.8. The summed E-state index contributed by atoms with van der Waals surface area (Å²) in [6, 6.07) is 12.5. The number of fused-ring (bicyclic) bond motifs is 2. The van der Waals surface area contributed by atoms with Crippen molar-refractivity contribution in [2.45, 2.75) is 23.2 Å². The Morgan fingerprint density at radius 2 is 2.00 bits per heavy atom. The Morgan fingerprint density at radius 3 is 2.77 bits per heavy atom. The minimum Gasteiger partial charge on any atom is -0.493 e. The molecule has 0 unspecified atom stereocenters. The van der Waals surface area contributed by atoms with Crippen molar-refractivity contribution in [2.24, 2.45) is 5.92 Å². The van der Waals surface area contributed by atoms with E-state index < -0.39 is 9.84 Å². The van der Waals surface area contributed by atoms with Crippen molar-refractivity contribution in [3.8, 4) is 5.75 Å². The molecule has 1 heterocycles. The van der Waals surface area contributed by atoms with Gasteiger partial charge in [-0.05, 0) is 31.0 Å². The second kappa shape index (κ2) is 5.99. The molecule has 0 bridgehead atoms. The van der Waals surface area contributed by atoms with Crippen LogP contribution in [-0.2, 0) is 20.0 Å². The summed E-state index contributed by atoms with van der Waals surface area (Å²) in [5.41, 5.74) is 1.07. The van der Waals surface area contributed by atoms with Crippen LogP contribution in [0.25, 0.3) is 0 Å². The van der Waals surface area contributed by atoms with Gasteiger partial charge in [-0.15, -0.1) is 0 Å². The molecule has 1 amide bonds. The molecule has 1 saturated carbocycles. The van der Waals surface area contributed by atoms with Crippen molar-refractivity contribution in [3.05, 3.63) is 53.1 Å². The number of halogens is 1. The number of para-hydroxylation sites is 1. The van der Waals surface area contributed by atoms with Gasteiger partial charge in [0.15, 0.2) is 9.84 Å². The van der Waals surface area contributed by atoms with Crippen molar-refractivity contribution in [1.29, 1.82) is 0 Å². The van der Waals surface area contributed by atoms with Crippen molar-refractivity contribution in [2.75, 3.05) is 18.2 Å². The molecule has 136 valence electrons. The van der Waals surface area contributed by atoms with E-state index in [0.29, 0.717) is 6.61 Å². The standard InChI is InChI=1S/C19H18ClNO4S/c1-26(23,24)17-14(20)6-4-7-15(17)21-18(22)13-11-19(13)9-10-25-16-8-3-2-5-12(16)19/h2-8,13H,9-11H2,1H3,(H,21,22)/t13-,19-/m0/s1. The highest BCUT2D eigenvalue weighted by atomic mass is 35.5. The fourth-order valence-corrected chi connectivity index (χ4v) is 5.44. The SMILES string of the molecule is CS(=O)(=O)c1c(Cl)cccc1NC(=O)[C@@H]1C[C@]12CCOc1ccccc12. The van der Waals surface area contributed by atoms with Crippen LogP contribution in [0, 0.1) is 5.92 Å². The summed E-state index contributed by atoms with van der Waals surface area (Å²) in [6.07, 6.45) is 2.59. The zero-order valence-corrected chi connectivity index (χ0v) is 15.7. The van der Waals surface area contributed by atoms with Crippen LogP contribution in [0.2, 0.25) is 5.02 Å². The van der Waals surface area contributed by atoms with Crippen LogP contribution in [0.3, 0.4) is 0 Å². The molecule has 26 heavy (non-hydrogen) atoms. The second-order valence-electron chi connectivity index (χ2n) is 6.89. The summed E-state index contributed by atoms with van der Waals surface area (Å²) in [4.78, 5) is 12.8. The van der Waals surface area contributed by atoms with Gasteiger partial charge >= 0.3 is 0 Å². The molecule has 0 aromatic heterocycles. The lowest BCUT2D eigenvalue weighted by molar-refractivity contribution is -0.117. The van der Waals surface area contributed by atoms with Crippen LogP contribution >= 0.6 is 11.6 Å². The third-order valence-corrected chi connectivity index (χ3v) is 6.83. The molecule has 1 aliphatic heterocycles. The first-order chi connectivity index (χ1) is 12.3. The van der Waals surface area contributed by atoms with E-state index in [1.807, 2.05) is 24.3 Å². The zero-order valence-electron chi connectivity index (χ0n) is 14.2. The Morgan fingerprint density at radius 1 is 1.23 bits per heavy atom. The quantitative estimate of drug-likeness (QED) is 0.870. The lowest BCUT2D eigenvalue weighted by Crippen LogP contribution is -2.27. The maximum Gasteiger partial charge on any atom is 0.228 e. The van der Waals surface area contributed by atoms with E-state index in [1.54, 1.807) is 12.1 Å². The highest BCUT2D eigenvalue weighted by molar-refractivity contribution is 7.91. The summed E-state index contributed by atoms with van der Waals surface area (Å²) in [5.74, 6) is 0.432. The fraction of sp³-hybridized carbons (Fsp3) is 0.316. The summed E-state index contributed by atoms with van der Waals surface area (Å²) in [6.45, 7) is 0.576. The molecule has 5 nitrogen and oxygen atoms in total. The summed E-state index contributed by atoms with van der Waals surface area (Å²) in [5, 5.41) is 2.88. The van der Waals surface area contributed by atoms with E-state index in [-0.39, 0.29) is 32.8 Å². The molecule has 2 aromatic rings. The third kappa shape index (κ3) is 2.77. The largest absolute Gasteiger partial charge is 0.493 e. The first kappa shape index (κ1) is 17.4. The lowest BCUT2D eigenvalue weighted by Gasteiger charge is -2.26. The van der Waals surface area contributed by atoms with E-state index in [4.69, 9.17) is 16.3 Å². The average Bonchev–Trinajstić information content (AvgIpc) is 3.29. The summed E-state index contributed by atoms with van der Waals surface area (Å²) < 4.78 is 29.8. The number of ether oxygens (including phenoxy) is 1. The molecule has 7 heteroatoms. The number of carbonyl (C=O) groups is 1. The van der Waals surface area contributed by atoms with Gasteiger partial charge in [-0.2, -0.15) is 0 Å². The highest BCUT2D eigenvalue weighted by Gasteiger charge is 2.61. The molecule has 2 aliphatic rings. The number of carbonyl (C=O) groups excluding carboxylic acids is 1. The third-order valence-electron chi connectivity index (χ3n) is 5.22. The molecule has 1 N–H and O–H groups in total. The van der Waals surface area contributed by atoms with Crippen molar-refractivity contribution < 1.29 is 17.9 Å². The Labute approximate surface area is 157 Å². The molecule has 2 aromatic carbocycles. The van der Waals surface area contributed by atoms with Crippen LogP contribution in [-0.4, -0.2) is 27.2 Å². The Hall–Kier alpha value is -2.05. The maximum absolute atomic E-state index is 12.9. The van der Waals surface area contributed by atoms with Gasteiger partial charge in [0.2, 0.25) is 5.91 Å². The predicted octanol–water partition coefficient (Wildman–Crippen LogP) is 3.42. The van der Waals surface area contributed by atoms with Gasteiger partial charge in [-0.25, -0.2) is 8.42 Å². The Bertz CT molecular complexity index is 1000. The number of benzene rings is 2. The van der Waals surface area contributed by atoms with Crippen LogP contribution < -0.4 is 10.1 Å².